The van der Waals surface area contributed by atoms with E-state index in [4.69, 9.17) is 11.6 Å². The maximum absolute atomic E-state index is 13.9. The Morgan fingerprint density at radius 3 is 2.74 bits per heavy atom. The van der Waals surface area contributed by atoms with Gasteiger partial charge >= 0.3 is 0 Å². The van der Waals surface area contributed by atoms with Crippen molar-refractivity contribution in [3.8, 4) is 0 Å². The SMILES string of the molecule is O=C(Cc1c(F)cccc1Cl)N1CCC[C@@H]1c1cccc(F)c1. The van der Waals surface area contributed by atoms with Crippen LogP contribution in [0, 0.1) is 11.6 Å². The van der Waals surface area contributed by atoms with Gasteiger partial charge in [0.15, 0.2) is 0 Å². The van der Waals surface area contributed by atoms with Crippen molar-refractivity contribution in [1.29, 1.82) is 0 Å². The van der Waals surface area contributed by atoms with Gasteiger partial charge in [0.1, 0.15) is 11.6 Å². The zero-order valence-corrected chi connectivity index (χ0v) is 13.2. The molecule has 5 heteroatoms. The van der Waals surface area contributed by atoms with E-state index in [-0.39, 0.29) is 34.8 Å². The van der Waals surface area contributed by atoms with Crippen molar-refractivity contribution in [2.75, 3.05) is 6.54 Å². The number of benzene rings is 2. The minimum atomic E-state index is -0.479. The van der Waals surface area contributed by atoms with Crippen LogP contribution in [0.3, 0.4) is 0 Å². The summed E-state index contributed by atoms with van der Waals surface area (Å²) in [4.78, 5) is 14.3. The molecule has 3 rings (SSSR count). The Morgan fingerprint density at radius 1 is 1.22 bits per heavy atom. The molecule has 0 aliphatic carbocycles. The van der Waals surface area contributed by atoms with Crippen molar-refractivity contribution in [2.24, 2.45) is 0 Å². The first-order valence-corrected chi connectivity index (χ1v) is 7.92. The smallest absolute Gasteiger partial charge is 0.227 e. The van der Waals surface area contributed by atoms with Gasteiger partial charge in [-0.3, -0.25) is 4.79 Å². The van der Waals surface area contributed by atoms with Gasteiger partial charge in [-0.25, -0.2) is 8.78 Å². The molecule has 1 aliphatic heterocycles. The molecule has 0 radical (unpaired) electrons. The highest BCUT2D eigenvalue weighted by Crippen LogP contribution is 2.33. The second-order valence-electron chi connectivity index (χ2n) is 5.68. The Bertz CT molecular complexity index is 714. The second-order valence-corrected chi connectivity index (χ2v) is 6.08. The van der Waals surface area contributed by atoms with Crippen LogP contribution < -0.4 is 0 Å². The largest absolute Gasteiger partial charge is 0.335 e. The Hall–Kier alpha value is -1.94. The van der Waals surface area contributed by atoms with E-state index in [1.165, 1.54) is 24.3 Å². The topological polar surface area (TPSA) is 20.3 Å². The van der Waals surface area contributed by atoms with Crippen LogP contribution in [0.4, 0.5) is 8.78 Å². The highest BCUT2D eigenvalue weighted by atomic mass is 35.5. The average molecular weight is 336 g/mol. The molecular formula is C18H16ClF2NO. The molecular weight excluding hydrogens is 320 g/mol. The van der Waals surface area contributed by atoms with Gasteiger partial charge in [0, 0.05) is 17.1 Å². The molecule has 1 aliphatic rings. The van der Waals surface area contributed by atoms with Gasteiger partial charge in [0.25, 0.3) is 0 Å². The Balaban J connectivity index is 1.81. The van der Waals surface area contributed by atoms with E-state index in [0.717, 1.165) is 18.4 Å². The highest BCUT2D eigenvalue weighted by molar-refractivity contribution is 6.31. The van der Waals surface area contributed by atoms with Crippen LogP contribution in [0.15, 0.2) is 42.5 Å². The fraction of sp³-hybridized carbons (Fsp3) is 0.278. The van der Waals surface area contributed by atoms with Crippen LogP contribution in [0.2, 0.25) is 5.02 Å². The van der Waals surface area contributed by atoms with Crippen molar-refractivity contribution in [2.45, 2.75) is 25.3 Å². The number of halogens is 3. The number of likely N-dealkylation sites (tertiary alicyclic amines) is 1. The van der Waals surface area contributed by atoms with E-state index in [2.05, 4.69) is 0 Å². The highest BCUT2D eigenvalue weighted by Gasteiger charge is 2.30. The molecule has 1 amide bonds. The molecule has 1 saturated heterocycles. The van der Waals surface area contributed by atoms with E-state index in [1.54, 1.807) is 17.0 Å². The number of rotatable bonds is 3. The zero-order chi connectivity index (χ0) is 16.4. The van der Waals surface area contributed by atoms with Gasteiger partial charge in [-0.2, -0.15) is 0 Å². The zero-order valence-electron chi connectivity index (χ0n) is 12.4. The summed E-state index contributed by atoms with van der Waals surface area (Å²) in [5, 5.41) is 0.250. The van der Waals surface area contributed by atoms with Crippen LogP contribution >= 0.6 is 11.6 Å². The maximum atomic E-state index is 13.9. The second kappa shape index (κ2) is 6.67. The lowest BCUT2D eigenvalue weighted by Gasteiger charge is -2.25. The lowest BCUT2D eigenvalue weighted by molar-refractivity contribution is -0.131. The number of amides is 1. The van der Waals surface area contributed by atoms with Crippen molar-refractivity contribution in [1.82, 2.24) is 4.90 Å². The molecule has 0 spiro atoms. The molecule has 23 heavy (non-hydrogen) atoms. The van der Waals surface area contributed by atoms with Crippen LogP contribution in [0.1, 0.15) is 30.0 Å². The Kier molecular flexibility index (Phi) is 4.62. The standard InChI is InChI=1S/C18H16ClF2NO/c19-15-6-2-7-16(21)14(15)11-18(23)22-9-3-8-17(22)12-4-1-5-13(20)10-12/h1-2,4-7,10,17H,3,8-9,11H2/t17-/m1/s1. The monoisotopic (exact) mass is 335 g/mol. The van der Waals surface area contributed by atoms with Crippen molar-refractivity contribution in [3.05, 3.63) is 70.2 Å². The third kappa shape index (κ3) is 3.37. The lowest BCUT2D eigenvalue weighted by atomic mass is 10.0. The average Bonchev–Trinajstić information content (AvgIpc) is 3.00. The third-order valence-corrected chi connectivity index (χ3v) is 4.55. The number of hydrogen-bond donors (Lipinski definition) is 0. The minimum absolute atomic E-state index is 0.0860. The molecule has 0 unspecified atom stereocenters. The van der Waals surface area contributed by atoms with E-state index in [9.17, 15) is 13.6 Å². The van der Waals surface area contributed by atoms with Crippen molar-refractivity contribution < 1.29 is 13.6 Å². The summed E-state index contributed by atoms with van der Waals surface area (Å²) in [5.74, 6) is -0.991. The van der Waals surface area contributed by atoms with Gasteiger partial charge in [0.2, 0.25) is 5.91 Å². The first-order valence-electron chi connectivity index (χ1n) is 7.54. The summed E-state index contributed by atoms with van der Waals surface area (Å²) in [6.45, 7) is 0.589. The third-order valence-electron chi connectivity index (χ3n) is 4.20. The molecule has 0 saturated carbocycles. The summed E-state index contributed by atoms with van der Waals surface area (Å²) >= 11 is 5.99. The fourth-order valence-electron chi connectivity index (χ4n) is 3.08. The summed E-state index contributed by atoms with van der Waals surface area (Å²) in [7, 11) is 0. The molecule has 1 heterocycles. The van der Waals surface area contributed by atoms with Crippen molar-refractivity contribution >= 4 is 17.5 Å². The molecule has 1 atom stereocenters. The van der Waals surface area contributed by atoms with Gasteiger partial charge in [-0.1, -0.05) is 29.8 Å². The van der Waals surface area contributed by atoms with Crippen LogP contribution in [0.25, 0.3) is 0 Å². The lowest BCUT2D eigenvalue weighted by Crippen LogP contribution is -2.32. The number of hydrogen-bond acceptors (Lipinski definition) is 1. The van der Waals surface area contributed by atoms with Crippen LogP contribution in [-0.4, -0.2) is 17.4 Å². The minimum Gasteiger partial charge on any atom is -0.335 e. The van der Waals surface area contributed by atoms with Crippen LogP contribution in [0.5, 0.6) is 0 Å². The predicted molar refractivity (Wildman–Crippen MR) is 85.2 cm³/mol. The molecule has 120 valence electrons. The molecule has 2 nitrogen and oxygen atoms in total. The predicted octanol–water partition coefficient (Wildman–Crippen LogP) is 4.52. The molecule has 2 aromatic rings. The van der Waals surface area contributed by atoms with Gasteiger partial charge in [-0.15, -0.1) is 0 Å². The van der Waals surface area contributed by atoms with Crippen molar-refractivity contribution in [3.63, 3.8) is 0 Å². The van der Waals surface area contributed by atoms with Gasteiger partial charge in [0.05, 0.1) is 12.5 Å². The van der Waals surface area contributed by atoms with Crippen LogP contribution in [-0.2, 0) is 11.2 Å². The molecule has 1 fully saturated rings. The van der Waals surface area contributed by atoms with Gasteiger partial charge in [-0.05, 0) is 42.7 Å². The number of carbonyl (C=O) groups excluding carboxylic acids is 1. The summed E-state index contributed by atoms with van der Waals surface area (Å²) < 4.78 is 27.3. The Morgan fingerprint density at radius 2 is 2.00 bits per heavy atom. The number of nitrogens with zero attached hydrogens (tertiary/aromatic N) is 1. The Labute approximate surface area is 138 Å². The first kappa shape index (κ1) is 15.9. The summed E-state index contributed by atoms with van der Waals surface area (Å²) in [6, 6.07) is 10.5. The van der Waals surface area contributed by atoms with E-state index in [1.807, 2.05) is 6.07 Å². The quantitative estimate of drug-likeness (QED) is 0.807. The molecule has 0 N–H and O–H groups in total. The normalized spacial score (nSPS) is 17.5. The molecule has 0 aromatic heterocycles. The summed E-state index contributed by atoms with van der Waals surface area (Å²) in [5.41, 5.74) is 0.986. The first-order chi connectivity index (χ1) is 11.1. The van der Waals surface area contributed by atoms with E-state index < -0.39 is 5.82 Å². The molecule has 2 aromatic carbocycles. The van der Waals surface area contributed by atoms with E-state index >= 15 is 0 Å². The fourth-order valence-corrected chi connectivity index (χ4v) is 3.31. The van der Waals surface area contributed by atoms with Gasteiger partial charge < -0.3 is 4.90 Å². The molecule has 0 bridgehead atoms. The van der Waals surface area contributed by atoms with E-state index in [0.29, 0.717) is 6.54 Å². The number of carbonyl (C=O) groups is 1. The maximum Gasteiger partial charge on any atom is 0.227 e. The summed E-state index contributed by atoms with van der Waals surface area (Å²) in [6.07, 6.45) is 1.54.